The Bertz CT molecular complexity index is 1700. The van der Waals surface area contributed by atoms with Crippen LogP contribution in [0.2, 0.25) is 0 Å². The van der Waals surface area contributed by atoms with Gasteiger partial charge < -0.3 is 25.6 Å². The van der Waals surface area contributed by atoms with Gasteiger partial charge in [0.1, 0.15) is 17.9 Å². The average molecular weight is 625 g/mol. The van der Waals surface area contributed by atoms with E-state index in [0.29, 0.717) is 22.8 Å². The standard InChI is InChI=1S/C31H32F4N8O2/c1-17-12-23(32)22(15-26(17)45-29-21(6-5-10-37-29)27-38-16-39-30(36-3)42-27)28(44)41-25-14-19(31(33,34)35)7-8-24(25)40-20-9-11-43(4)18(2)13-20/h5-8,10,12,14-16,18,20,40H,9,11,13H2,1-4H3,(H,41,44)(H,36,38,39,42). The minimum Gasteiger partial charge on any atom is -0.438 e. The molecule has 0 radical (unpaired) electrons. The number of halogens is 4. The van der Waals surface area contributed by atoms with Gasteiger partial charge in [-0.1, -0.05) is 0 Å². The highest BCUT2D eigenvalue weighted by molar-refractivity contribution is 6.06. The van der Waals surface area contributed by atoms with Crippen molar-refractivity contribution in [3.8, 4) is 23.0 Å². The van der Waals surface area contributed by atoms with E-state index in [9.17, 15) is 18.0 Å². The minimum atomic E-state index is -4.65. The molecule has 1 fully saturated rings. The number of nitrogens with one attached hydrogen (secondary N) is 3. The Labute approximate surface area is 257 Å². The molecule has 0 spiro atoms. The number of likely N-dealkylation sites (tertiary alicyclic amines) is 1. The van der Waals surface area contributed by atoms with E-state index in [1.165, 1.54) is 24.7 Å². The molecule has 45 heavy (non-hydrogen) atoms. The zero-order valence-corrected chi connectivity index (χ0v) is 25.0. The highest BCUT2D eigenvalue weighted by Crippen LogP contribution is 2.36. The maximum absolute atomic E-state index is 15.2. The van der Waals surface area contributed by atoms with E-state index >= 15 is 4.39 Å². The van der Waals surface area contributed by atoms with Crippen molar-refractivity contribution >= 4 is 23.2 Å². The first-order chi connectivity index (χ1) is 21.4. The topological polar surface area (TPSA) is 117 Å². The summed E-state index contributed by atoms with van der Waals surface area (Å²) in [5, 5.41) is 8.60. The van der Waals surface area contributed by atoms with Crippen LogP contribution < -0.4 is 20.7 Å². The summed E-state index contributed by atoms with van der Waals surface area (Å²) in [4.78, 5) is 32.4. The van der Waals surface area contributed by atoms with E-state index in [-0.39, 0.29) is 35.2 Å². The van der Waals surface area contributed by atoms with E-state index in [0.717, 1.165) is 37.6 Å². The largest absolute Gasteiger partial charge is 0.438 e. The average Bonchev–Trinajstić information content (AvgIpc) is 3.01. The number of benzene rings is 2. The van der Waals surface area contributed by atoms with Gasteiger partial charge in [-0.2, -0.15) is 18.2 Å². The molecule has 2 aromatic carbocycles. The smallest absolute Gasteiger partial charge is 0.416 e. The van der Waals surface area contributed by atoms with Crippen molar-refractivity contribution in [3.63, 3.8) is 0 Å². The molecule has 0 aliphatic carbocycles. The molecule has 5 rings (SSSR count). The molecule has 0 saturated carbocycles. The molecule has 1 aliphatic heterocycles. The van der Waals surface area contributed by atoms with Crippen molar-refractivity contribution in [3.05, 3.63) is 77.5 Å². The van der Waals surface area contributed by atoms with Gasteiger partial charge in [0.25, 0.3) is 5.91 Å². The summed E-state index contributed by atoms with van der Waals surface area (Å²) in [5.41, 5.74) is -0.429. The fourth-order valence-corrected chi connectivity index (χ4v) is 5.01. The third-order valence-corrected chi connectivity index (χ3v) is 7.69. The van der Waals surface area contributed by atoms with Crippen molar-refractivity contribution < 1.29 is 27.1 Å². The summed E-state index contributed by atoms with van der Waals surface area (Å²) in [6.07, 6.45) is -0.324. The first-order valence-electron chi connectivity index (χ1n) is 14.2. The number of aromatic nitrogens is 4. The number of rotatable bonds is 8. The molecule has 0 bridgehead atoms. The predicted octanol–water partition coefficient (Wildman–Crippen LogP) is 6.38. The molecule has 4 aromatic rings. The number of anilines is 3. The van der Waals surface area contributed by atoms with Crippen LogP contribution in [0.25, 0.3) is 11.4 Å². The Morgan fingerprint density at radius 1 is 1.09 bits per heavy atom. The highest BCUT2D eigenvalue weighted by atomic mass is 19.4. The van der Waals surface area contributed by atoms with Crippen LogP contribution in [0.4, 0.5) is 34.9 Å². The number of amides is 1. The molecule has 1 saturated heterocycles. The van der Waals surface area contributed by atoms with Gasteiger partial charge >= 0.3 is 6.18 Å². The molecule has 1 aliphatic rings. The molecule has 236 valence electrons. The van der Waals surface area contributed by atoms with Gasteiger partial charge in [-0.15, -0.1) is 0 Å². The van der Waals surface area contributed by atoms with Crippen LogP contribution in [0.1, 0.15) is 41.3 Å². The van der Waals surface area contributed by atoms with Gasteiger partial charge in [-0.25, -0.2) is 19.3 Å². The number of pyridine rings is 1. The van der Waals surface area contributed by atoms with E-state index in [1.807, 2.05) is 7.05 Å². The van der Waals surface area contributed by atoms with Crippen molar-refractivity contribution in [1.82, 2.24) is 24.8 Å². The number of nitrogens with zero attached hydrogens (tertiary/aromatic N) is 5. The Morgan fingerprint density at radius 2 is 1.89 bits per heavy atom. The summed E-state index contributed by atoms with van der Waals surface area (Å²) < 4.78 is 62.2. The lowest BCUT2D eigenvalue weighted by molar-refractivity contribution is -0.137. The van der Waals surface area contributed by atoms with Gasteiger partial charge in [-0.05, 0) is 81.8 Å². The van der Waals surface area contributed by atoms with E-state index in [4.69, 9.17) is 4.74 Å². The normalized spacial score (nSPS) is 17.1. The SMILES string of the molecule is CNc1ncnc(-c2cccnc2Oc2cc(C(=O)Nc3cc(C(F)(F)F)ccc3NC3CCN(C)C(C)C3)c(F)cc2C)n1. The molecule has 14 heteroatoms. The lowest BCUT2D eigenvalue weighted by Crippen LogP contribution is -2.42. The monoisotopic (exact) mass is 624 g/mol. The number of carbonyl (C=O) groups excluding carboxylic acids is 1. The Hall–Kier alpha value is -4.85. The van der Waals surface area contributed by atoms with E-state index in [2.05, 4.69) is 47.7 Å². The zero-order chi connectivity index (χ0) is 32.3. The molecule has 10 nitrogen and oxygen atoms in total. The first kappa shape index (κ1) is 31.6. The molecule has 2 atom stereocenters. The number of hydrogen-bond donors (Lipinski definition) is 3. The summed E-state index contributed by atoms with van der Waals surface area (Å²) in [5.74, 6) is -1.05. The van der Waals surface area contributed by atoms with Crippen LogP contribution in [0.15, 0.2) is 55.0 Å². The quantitative estimate of drug-likeness (QED) is 0.192. The molecule has 2 aromatic heterocycles. The van der Waals surface area contributed by atoms with Crippen molar-refractivity contribution in [2.45, 2.75) is 44.9 Å². The van der Waals surface area contributed by atoms with Crippen molar-refractivity contribution in [2.75, 3.05) is 36.6 Å². The second kappa shape index (κ2) is 13.0. The summed E-state index contributed by atoms with van der Waals surface area (Å²) in [6.45, 7) is 4.46. The van der Waals surface area contributed by atoms with Crippen LogP contribution in [0.3, 0.4) is 0 Å². The molecule has 3 heterocycles. The second-order valence-electron chi connectivity index (χ2n) is 10.8. The molecule has 2 unspecified atom stereocenters. The van der Waals surface area contributed by atoms with Crippen LogP contribution in [0, 0.1) is 12.7 Å². The molecular weight excluding hydrogens is 592 g/mol. The summed E-state index contributed by atoms with van der Waals surface area (Å²) in [6, 6.07) is 8.95. The molecule has 3 N–H and O–H groups in total. The number of ether oxygens (including phenoxy) is 1. The van der Waals surface area contributed by atoms with E-state index < -0.39 is 29.0 Å². The van der Waals surface area contributed by atoms with Crippen molar-refractivity contribution in [1.29, 1.82) is 0 Å². The molecule has 1 amide bonds. The maximum Gasteiger partial charge on any atom is 0.416 e. The fraction of sp³-hybridized carbons (Fsp3) is 0.323. The van der Waals surface area contributed by atoms with Crippen LogP contribution in [0.5, 0.6) is 11.6 Å². The minimum absolute atomic E-state index is 0.0270. The third-order valence-electron chi connectivity index (χ3n) is 7.69. The number of carbonyl (C=O) groups is 1. The van der Waals surface area contributed by atoms with Crippen LogP contribution in [-0.4, -0.2) is 63.5 Å². The van der Waals surface area contributed by atoms with Crippen LogP contribution in [-0.2, 0) is 6.18 Å². The Morgan fingerprint density at radius 3 is 2.62 bits per heavy atom. The third kappa shape index (κ3) is 7.28. The summed E-state index contributed by atoms with van der Waals surface area (Å²) >= 11 is 0. The number of hydrogen-bond acceptors (Lipinski definition) is 9. The maximum atomic E-state index is 15.2. The lowest BCUT2D eigenvalue weighted by atomic mass is 9.98. The number of piperidine rings is 1. The summed E-state index contributed by atoms with van der Waals surface area (Å²) in [7, 11) is 3.67. The first-order valence-corrected chi connectivity index (χ1v) is 14.2. The lowest BCUT2D eigenvalue weighted by Gasteiger charge is -2.36. The highest BCUT2D eigenvalue weighted by Gasteiger charge is 2.32. The number of alkyl halides is 3. The predicted molar refractivity (Wildman–Crippen MR) is 162 cm³/mol. The van der Waals surface area contributed by atoms with Gasteiger partial charge in [0.2, 0.25) is 11.8 Å². The van der Waals surface area contributed by atoms with E-state index in [1.54, 1.807) is 26.1 Å². The van der Waals surface area contributed by atoms with Gasteiger partial charge in [0.15, 0.2) is 5.82 Å². The van der Waals surface area contributed by atoms with Gasteiger partial charge in [0.05, 0.1) is 28.1 Å². The molecular formula is C31H32F4N8O2. The fourth-order valence-electron chi connectivity index (χ4n) is 5.01. The zero-order valence-electron chi connectivity index (χ0n) is 25.0. The Balaban J connectivity index is 1.44. The Kier molecular flexibility index (Phi) is 9.14. The van der Waals surface area contributed by atoms with Gasteiger partial charge in [0, 0.05) is 31.9 Å². The second-order valence-corrected chi connectivity index (χ2v) is 10.8. The van der Waals surface area contributed by atoms with Crippen LogP contribution >= 0.6 is 0 Å². The number of aryl methyl sites for hydroxylation is 1. The van der Waals surface area contributed by atoms with Gasteiger partial charge in [-0.3, -0.25) is 4.79 Å². The van der Waals surface area contributed by atoms with Crippen molar-refractivity contribution in [2.24, 2.45) is 0 Å².